The lowest BCUT2D eigenvalue weighted by Crippen LogP contribution is -2.38. The van der Waals surface area contributed by atoms with Gasteiger partial charge >= 0.3 is 0 Å². The molecule has 1 aromatic carbocycles. The molecule has 0 saturated heterocycles. The van der Waals surface area contributed by atoms with Gasteiger partial charge in [0.25, 0.3) is 0 Å². The van der Waals surface area contributed by atoms with Crippen LogP contribution in [0.25, 0.3) is 0 Å². The highest BCUT2D eigenvalue weighted by molar-refractivity contribution is 9.10. The summed E-state index contributed by atoms with van der Waals surface area (Å²) in [6.07, 6.45) is 1.10. The molecule has 0 spiro atoms. The number of hydrogen-bond donors (Lipinski definition) is 1. The van der Waals surface area contributed by atoms with Crippen molar-refractivity contribution < 1.29 is 0 Å². The maximum absolute atomic E-state index is 5.82. The topological polar surface area (TPSA) is 29.3 Å². The van der Waals surface area contributed by atoms with Crippen LogP contribution in [-0.2, 0) is 0 Å². The second kappa shape index (κ2) is 6.69. The molecule has 1 rings (SSSR count). The van der Waals surface area contributed by atoms with E-state index in [4.69, 9.17) is 5.73 Å². The number of nitrogens with zero attached hydrogens (tertiary/aromatic N) is 1. The third-order valence-electron chi connectivity index (χ3n) is 3.38. The van der Waals surface area contributed by atoms with Crippen LogP contribution in [0.2, 0.25) is 0 Å². The minimum Gasteiger partial charge on any atom is -0.330 e. The third-order valence-corrected chi connectivity index (χ3v) is 3.88. The molecule has 0 heterocycles. The molecule has 0 bridgehead atoms. The van der Waals surface area contributed by atoms with Gasteiger partial charge in [0.15, 0.2) is 0 Å². The Kier molecular flexibility index (Phi) is 5.83. The van der Waals surface area contributed by atoms with E-state index in [1.165, 1.54) is 5.56 Å². The van der Waals surface area contributed by atoms with Gasteiger partial charge in [0.2, 0.25) is 0 Å². The van der Waals surface area contributed by atoms with Gasteiger partial charge in [-0.25, -0.2) is 0 Å². The molecule has 1 aromatic rings. The highest BCUT2D eigenvalue weighted by Crippen LogP contribution is 2.28. The predicted molar refractivity (Wildman–Crippen MR) is 82.6 cm³/mol. The van der Waals surface area contributed by atoms with Crippen molar-refractivity contribution in [2.24, 2.45) is 11.1 Å². The first-order valence-corrected chi connectivity index (χ1v) is 7.34. The Labute approximate surface area is 120 Å². The van der Waals surface area contributed by atoms with Crippen molar-refractivity contribution in [1.29, 1.82) is 0 Å². The van der Waals surface area contributed by atoms with Crippen LogP contribution in [0.4, 0.5) is 0 Å². The Balaban J connectivity index is 2.83. The number of halogens is 1. The summed E-state index contributed by atoms with van der Waals surface area (Å²) in [5.74, 6) is 0. The molecular weight excluding hydrogens is 288 g/mol. The summed E-state index contributed by atoms with van der Waals surface area (Å²) >= 11 is 3.55. The monoisotopic (exact) mass is 312 g/mol. The van der Waals surface area contributed by atoms with E-state index >= 15 is 0 Å². The number of rotatable bonds is 6. The van der Waals surface area contributed by atoms with Crippen LogP contribution in [-0.4, -0.2) is 25.0 Å². The van der Waals surface area contributed by atoms with Gasteiger partial charge in [-0.1, -0.05) is 48.8 Å². The second-order valence-electron chi connectivity index (χ2n) is 5.76. The summed E-state index contributed by atoms with van der Waals surface area (Å²) < 4.78 is 1.14. The summed E-state index contributed by atoms with van der Waals surface area (Å²) in [5.41, 5.74) is 7.35. The first-order chi connectivity index (χ1) is 8.39. The Bertz CT molecular complexity index is 377. The maximum atomic E-state index is 5.82. The third kappa shape index (κ3) is 4.38. The van der Waals surface area contributed by atoms with Gasteiger partial charge in [0.05, 0.1) is 0 Å². The normalized spacial score (nSPS) is 13.9. The van der Waals surface area contributed by atoms with Crippen LogP contribution < -0.4 is 5.73 Å². The quantitative estimate of drug-likeness (QED) is 0.865. The zero-order valence-corrected chi connectivity index (χ0v) is 13.5. The van der Waals surface area contributed by atoms with E-state index in [0.717, 1.165) is 17.4 Å². The molecule has 3 heteroatoms. The van der Waals surface area contributed by atoms with Crippen molar-refractivity contribution in [3.05, 3.63) is 34.3 Å². The Hall–Kier alpha value is -0.380. The fraction of sp³-hybridized carbons (Fsp3) is 0.600. The van der Waals surface area contributed by atoms with Gasteiger partial charge in [0, 0.05) is 17.1 Å². The minimum atomic E-state index is 0.161. The van der Waals surface area contributed by atoms with Crippen LogP contribution in [0.1, 0.15) is 38.8 Å². The lowest BCUT2D eigenvalue weighted by Gasteiger charge is -2.34. The van der Waals surface area contributed by atoms with Crippen LogP contribution in [0.3, 0.4) is 0 Å². The summed E-state index contributed by atoms with van der Waals surface area (Å²) in [6.45, 7) is 8.40. The Morgan fingerprint density at radius 2 is 2.06 bits per heavy atom. The van der Waals surface area contributed by atoms with Crippen LogP contribution in [0.5, 0.6) is 0 Å². The molecule has 0 saturated carbocycles. The molecule has 18 heavy (non-hydrogen) atoms. The molecule has 0 radical (unpaired) electrons. The molecular formula is C15H25BrN2. The number of benzene rings is 1. The summed E-state index contributed by atoms with van der Waals surface area (Å²) in [6, 6.07) is 9.03. The lowest BCUT2D eigenvalue weighted by molar-refractivity contribution is 0.161. The summed E-state index contributed by atoms with van der Waals surface area (Å²) in [4.78, 5) is 2.41. The van der Waals surface area contributed by atoms with Crippen molar-refractivity contribution >= 4 is 15.9 Å². The molecule has 1 unspecified atom stereocenters. The molecule has 0 aliphatic carbocycles. The average molecular weight is 313 g/mol. The van der Waals surface area contributed by atoms with Crippen molar-refractivity contribution in [2.75, 3.05) is 20.1 Å². The molecule has 0 fully saturated rings. The minimum absolute atomic E-state index is 0.161. The van der Waals surface area contributed by atoms with Crippen molar-refractivity contribution in [2.45, 2.75) is 33.2 Å². The van der Waals surface area contributed by atoms with E-state index < -0.39 is 0 Å². The van der Waals surface area contributed by atoms with E-state index in [1.807, 2.05) is 0 Å². The number of hydrogen-bond acceptors (Lipinski definition) is 2. The average Bonchev–Trinajstić information content (AvgIpc) is 2.29. The van der Waals surface area contributed by atoms with Crippen molar-refractivity contribution in [3.8, 4) is 0 Å². The lowest BCUT2D eigenvalue weighted by atomic mass is 9.91. The van der Waals surface area contributed by atoms with Gasteiger partial charge in [-0.05, 0) is 43.1 Å². The van der Waals surface area contributed by atoms with E-state index in [-0.39, 0.29) is 5.41 Å². The van der Waals surface area contributed by atoms with Gasteiger partial charge in [-0.2, -0.15) is 0 Å². The van der Waals surface area contributed by atoms with Gasteiger partial charge in [0.1, 0.15) is 0 Å². The zero-order valence-electron chi connectivity index (χ0n) is 11.9. The van der Waals surface area contributed by atoms with Crippen LogP contribution >= 0.6 is 15.9 Å². The van der Waals surface area contributed by atoms with Gasteiger partial charge in [-0.3, -0.25) is 4.90 Å². The van der Waals surface area contributed by atoms with Crippen molar-refractivity contribution in [3.63, 3.8) is 0 Å². The van der Waals surface area contributed by atoms with Crippen LogP contribution in [0.15, 0.2) is 28.7 Å². The SMILES string of the molecule is CCC(c1cccc(Br)c1)N(C)CC(C)(C)CN. The molecule has 102 valence electrons. The van der Waals surface area contributed by atoms with Gasteiger partial charge < -0.3 is 5.73 Å². The predicted octanol–water partition coefficient (Wildman–Crippen LogP) is 3.82. The highest BCUT2D eigenvalue weighted by Gasteiger charge is 2.23. The standard InChI is InChI=1S/C15H25BrN2/c1-5-14(12-7-6-8-13(16)9-12)18(4)11-15(2,3)10-17/h6-9,14H,5,10-11,17H2,1-4H3. The highest BCUT2D eigenvalue weighted by atomic mass is 79.9. The molecule has 2 nitrogen and oxygen atoms in total. The van der Waals surface area contributed by atoms with E-state index in [2.05, 4.69) is 72.9 Å². The molecule has 0 aromatic heterocycles. The first-order valence-electron chi connectivity index (χ1n) is 6.55. The number of nitrogens with two attached hydrogens (primary N) is 1. The maximum Gasteiger partial charge on any atom is 0.0343 e. The van der Waals surface area contributed by atoms with E-state index in [9.17, 15) is 0 Å². The second-order valence-corrected chi connectivity index (χ2v) is 6.68. The summed E-state index contributed by atoms with van der Waals surface area (Å²) in [5, 5.41) is 0. The summed E-state index contributed by atoms with van der Waals surface area (Å²) in [7, 11) is 2.19. The van der Waals surface area contributed by atoms with E-state index in [0.29, 0.717) is 12.6 Å². The van der Waals surface area contributed by atoms with Crippen LogP contribution in [0, 0.1) is 5.41 Å². The molecule has 0 amide bonds. The van der Waals surface area contributed by atoms with Gasteiger partial charge in [-0.15, -0.1) is 0 Å². The zero-order chi connectivity index (χ0) is 13.8. The smallest absolute Gasteiger partial charge is 0.0343 e. The largest absolute Gasteiger partial charge is 0.330 e. The van der Waals surface area contributed by atoms with Crippen molar-refractivity contribution in [1.82, 2.24) is 4.90 Å². The van der Waals surface area contributed by atoms with E-state index in [1.54, 1.807) is 0 Å². The fourth-order valence-corrected chi connectivity index (χ4v) is 2.78. The molecule has 0 aliphatic rings. The fourth-order valence-electron chi connectivity index (χ4n) is 2.37. The molecule has 2 N–H and O–H groups in total. The first kappa shape index (κ1) is 15.7. The molecule has 0 aliphatic heterocycles. The Morgan fingerprint density at radius 3 is 2.56 bits per heavy atom. The molecule has 1 atom stereocenters. The Morgan fingerprint density at radius 1 is 1.39 bits per heavy atom.